The van der Waals surface area contributed by atoms with E-state index in [-0.39, 0.29) is 12.5 Å². The lowest BCUT2D eigenvalue weighted by atomic mass is 10.0. The lowest BCUT2D eigenvalue weighted by Crippen LogP contribution is -2.48. The highest BCUT2D eigenvalue weighted by atomic mass is 16.4. The van der Waals surface area contributed by atoms with E-state index in [2.05, 4.69) is 0 Å². The van der Waals surface area contributed by atoms with Gasteiger partial charge in [-0.15, -0.1) is 0 Å². The number of carboxylic acid groups (broad SMARTS) is 1. The molecule has 0 aliphatic carbocycles. The van der Waals surface area contributed by atoms with Crippen LogP contribution in [-0.4, -0.2) is 34.0 Å². The van der Waals surface area contributed by atoms with Crippen molar-refractivity contribution in [1.82, 2.24) is 4.90 Å². The molecule has 0 spiro atoms. The van der Waals surface area contributed by atoms with E-state index in [4.69, 9.17) is 10.8 Å². The van der Waals surface area contributed by atoms with Crippen molar-refractivity contribution in [3.05, 3.63) is 29.3 Å². The van der Waals surface area contributed by atoms with Gasteiger partial charge in [-0.3, -0.25) is 9.59 Å². The summed E-state index contributed by atoms with van der Waals surface area (Å²) in [5.74, 6) is -1.41. The Bertz CT molecular complexity index is 504. The van der Waals surface area contributed by atoms with E-state index >= 15 is 0 Å². The average Bonchev–Trinajstić information content (AvgIpc) is 2.26. The van der Waals surface area contributed by atoms with Crippen LogP contribution in [0.2, 0.25) is 0 Å². The SMILES string of the molecule is Cc1ccc(N)c(C(=O)N(CC(=O)O)C(C)(C)C)c1. The van der Waals surface area contributed by atoms with E-state index in [1.807, 2.05) is 13.0 Å². The highest BCUT2D eigenvalue weighted by molar-refractivity contribution is 6.00. The molecule has 0 aliphatic rings. The van der Waals surface area contributed by atoms with E-state index in [1.54, 1.807) is 32.9 Å². The van der Waals surface area contributed by atoms with Gasteiger partial charge in [0.15, 0.2) is 0 Å². The summed E-state index contributed by atoms with van der Waals surface area (Å²) in [4.78, 5) is 24.7. The van der Waals surface area contributed by atoms with Crippen molar-refractivity contribution in [2.45, 2.75) is 33.2 Å². The molecular formula is C14H20N2O3. The summed E-state index contributed by atoms with van der Waals surface area (Å²) in [7, 11) is 0. The highest BCUT2D eigenvalue weighted by Gasteiger charge is 2.30. The first-order valence-corrected chi connectivity index (χ1v) is 6.03. The fourth-order valence-corrected chi connectivity index (χ4v) is 1.75. The Balaban J connectivity index is 3.19. The topological polar surface area (TPSA) is 83.6 Å². The highest BCUT2D eigenvalue weighted by Crippen LogP contribution is 2.21. The van der Waals surface area contributed by atoms with E-state index in [1.165, 1.54) is 4.90 Å². The van der Waals surface area contributed by atoms with Gasteiger partial charge in [0.1, 0.15) is 6.54 Å². The van der Waals surface area contributed by atoms with Gasteiger partial charge in [-0.05, 0) is 39.8 Å². The zero-order chi connectivity index (χ0) is 14.8. The summed E-state index contributed by atoms with van der Waals surface area (Å²) >= 11 is 0. The average molecular weight is 264 g/mol. The number of amides is 1. The molecule has 0 fully saturated rings. The second-order valence-corrected chi connectivity index (χ2v) is 5.55. The van der Waals surface area contributed by atoms with Gasteiger partial charge in [0.2, 0.25) is 0 Å². The molecule has 3 N–H and O–H groups in total. The monoisotopic (exact) mass is 264 g/mol. The van der Waals surface area contributed by atoms with Crippen molar-refractivity contribution in [3.8, 4) is 0 Å². The van der Waals surface area contributed by atoms with Gasteiger partial charge in [0.25, 0.3) is 5.91 Å². The minimum atomic E-state index is -1.05. The van der Waals surface area contributed by atoms with Crippen LogP contribution in [0.4, 0.5) is 5.69 Å². The van der Waals surface area contributed by atoms with Crippen molar-refractivity contribution in [2.24, 2.45) is 0 Å². The number of carbonyl (C=O) groups is 2. The number of aliphatic carboxylic acids is 1. The van der Waals surface area contributed by atoms with Gasteiger partial charge in [-0.25, -0.2) is 0 Å². The van der Waals surface area contributed by atoms with E-state index < -0.39 is 11.5 Å². The number of nitrogens with two attached hydrogens (primary N) is 1. The van der Waals surface area contributed by atoms with Crippen LogP contribution in [0, 0.1) is 6.92 Å². The van der Waals surface area contributed by atoms with Crippen molar-refractivity contribution in [2.75, 3.05) is 12.3 Å². The Hall–Kier alpha value is -2.04. The van der Waals surface area contributed by atoms with Gasteiger partial charge in [-0.2, -0.15) is 0 Å². The summed E-state index contributed by atoms with van der Waals surface area (Å²) in [6.45, 7) is 6.88. The minimum absolute atomic E-state index is 0.344. The molecule has 0 radical (unpaired) electrons. The second-order valence-electron chi connectivity index (χ2n) is 5.55. The third-order valence-electron chi connectivity index (χ3n) is 2.79. The van der Waals surface area contributed by atoms with E-state index in [9.17, 15) is 9.59 Å². The molecule has 19 heavy (non-hydrogen) atoms. The number of hydrogen-bond donors (Lipinski definition) is 2. The lowest BCUT2D eigenvalue weighted by Gasteiger charge is -2.34. The Labute approximate surface area is 113 Å². The number of carboxylic acids is 1. The van der Waals surface area contributed by atoms with Crippen molar-refractivity contribution < 1.29 is 14.7 Å². The number of nitrogen functional groups attached to an aromatic ring is 1. The molecule has 1 rings (SSSR count). The first-order valence-electron chi connectivity index (χ1n) is 6.03. The Kier molecular flexibility index (Phi) is 4.19. The van der Waals surface area contributed by atoms with Crippen LogP contribution >= 0.6 is 0 Å². The zero-order valence-electron chi connectivity index (χ0n) is 11.7. The number of nitrogens with zero attached hydrogens (tertiary/aromatic N) is 1. The largest absolute Gasteiger partial charge is 0.480 e. The zero-order valence-corrected chi connectivity index (χ0v) is 11.7. The van der Waals surface area contributed by atoms with Gasteiger partial charge in [0, 0.05) is 11.2 Å². The van der Waals surface area contributed by atoms with Crippen LogP contribution in [0.1, 0.15) is 36.7 Å². The Morgan fingerprint density at radius 3 is 2.37 bits per heavy atom. The molecule has 5 heteroatoms. The molecule has 1 amide bonds. The van der Waals surface area contributed by atoms with Crippen molar-refractivity contribution in [3.63, 3.8) is 0 Å². The number of anilines is 1. The molecule has 0 saturated heterocycles. The van der Waals surface area contributed by atoms with Crippen molar-refractivity contribution >= 4 is 17.6 Å². The smallest absolute Gasteiger partial charge is 0.323 e. The minimum Gasteiger partial charge on any atom is -0.480 e. The predicted molar refractivity (Wildman–Crippen MR) is 74.0 cm³/mol. The van der Waals surface area contributed by atoms with Crippen LogP contribution in [0.15, 0.2) is 18.2 Å². The first-order chi connectivity index (χ1) is 8.62. The van der Waals surface area contributed by atoms with Gasteiger partial charge in [0.05, 0.1) is 5.56 Å². The first kappa shape index (κ1) is 15.0. The molecule has 0 unspecified atom stereocenters. The standard InChI is InChI=1S/C14H20N2O3/c1-9-5-6-11(15)10(7-9)13(19)16(8-12(17)18)14(2,3)4/h5-7H,8,15H2,1-4H3,(H,17,18). The van der Waals surface area contributed by atoms with E-state index in [0.29, 0.717) is 11.3 Å². The molecule has 0 aromatic heterocycles. The normalized spacial score (nSPS) is 11.2. The van der Waals surface area contributed by atoms with Gasteiger partial charge in [-0.1, -0.05) is 11.6 Å². The molecule has 0 bridgehead atoms. The number of aryl methyl sites for hydroxylation is 1. The molecule has 0 heterocycles. The third-order valence-corrected chi connectivity index (χ3v) is 2.79. The summed E-state index contributed by atoms with van der Waals surface area (Å²) in [5.41, 5.74) is 6.82. The number of rotatable bonds is 3. The van der Waals surface area contributed by atoms with Crippen LogP contribution < -0.4 is 5.73 Å². The van der Waals surface area contributed by atoms with Crippen LogP contribution in [-0.2, 0) is 4.79 Å². The molecular weight excluding hydrogens is 244 g/mol. The maximum Gasteiger partial charge on any atom is 0.323 e. The van der Waals surface area contributed by atoms with Crippen molar-refractivity contribution in [1.29, 1.82) is 0 Å². The van der Waals surface area contributed by atoms with Crippen LogP contribution in [0.3, 0.4) is 0 Å². The second kappa shape index (κ2) is 5.30. The molecule has 1 aromatic rings. The molecule has 5 nitrogen and oxygen atoms in total. The molecule has 0 atom stereocenters. The molecule has 0 saturated carbocycles. The summed E-state index contributed by atoms with van der Waals surface area (Å²) in [6, 6.07) is 5.15. The van der Waals surface area contributed by atoms with Gasteiger partial charge >= 0.3 is 5.97 Å². The maximum atomic E-state index is 12.5. The number of carbonyl (C=O) groups excluding carboxylic acids is 1. The summed E-state index contributed by atoms with van der Waals surface area (Å²) < 4.78 is 0. The van der Waals surface area contributed by atoms with E-state index in [0.717, 1.165) is 5.56 Å². The lowest BCUT2D eigenvalue weighted by molar-refractivity contribution is -0.138. The predicted octanol–water partition coefficient (Wildman–Crippen LogP) is 1.90. The van der Waals surface area contributed by atoms with Crippen LogP contribution in [0.5, 0.6) is 0 Å². The third kappa shape index (κ3) is 3.71. The Morgan fingerprint density at radius 2 is 1.89 bits per heavy atom. The quantitative estimate of drug-likeness (QED) is 0.817. The molecule has 0 aliphatic heterocycles. The fourth-order valence-electron chi connectivity index (χ4n) is 1.75. The summed E-state index contributed by atoms with van der Waals surface area (Å²) in [6.07, 6.45) is 0. The number of benzene rings is 1. The Morgan fingerprint density at radius 1 is 1.32 bits per heavy atom. The summed E-state index contributed by atoms with van der Waals surface area (Å²) in [5, 5.41) is 8.94. The molecule has 1 aromatic carbocycles. The maximum absolute atomic E-state index is 12.5. The van der Waals surface area contributed by atoms with Gasteiger partial charge < -0.3 is 15.7 Å². The molecule has 104 valence electrons. The number of hydrogen-bond acceptors (Lipinski definition) is 3. The fraction of sp³-hybridized carbons (Fsp3) is 0.429. The van der Waals surface area contributed by atoms with Crippen LogP contribution in [0.25, 0.3) is 0 Å².